The lowest BCUT2D eigenvalue weighted by Gasteiger charge is -2.07. The van der Waals surface area contributed by atoms with E-state index in [2.05, 4.69) is 21.8 Å². The Kier molecular flexibility index (Phi) is 3.64. The number of anilines is 1. The number of H-pyrrole nitrogens is 1. The van der Waals surface area contributed by atoms with E-state index in [1.807, 2.05) is 0 Å². The van der Waals surface area contributed by atoms with Gasteiger partial charge in [0.15, 0.2) is 5.82 Å². The van der Waals surface area contributed by atoms with Crippen molar-refractivity contribution < 1.29 is 17.2 Å². The maximum Gasteiger partial charge on any atom is 0.238 e. The number of hydrogen-bond acceptors (Lipinski definition) is 3. The van der Waals surface area contributed by atoms with E-state index in [1.54, 1.807) is 6.07 Å². The van der Waals surface area contributed by atoms with Gasteiger partial charge in [-0.15, -0.1) is 0 Å². The SMILES string of the molecule is CC1CC1c1cc(NS(=O)(=O)Cc2c(F)cccc2F)n[nH]1. The second-order valence-electron chi connectivity index (χ2n) is 5.59. The molecule has 5 nitrogen and oxygen atoms in total. The summed E-state index contributed by atoms with van der Waals surface area (Å²) in [7, 11) is -3.95. The average molecular weight is 327 g/mol. The van der Waals surface area contributed by atoms with E-state index < -0.39 is 33.0 Å². The summed E-state index contributed by atoms with van der Waals surface area (Å²) < 4.78 is 53.4. The molecular formula is C14H15F2N3O2S. The predicted octanol–water partition coefficient (Wildman–Crippen LogP) is 2.75. The highest BCUT2D eigenvalue weighted by Crippen LogP contribution is 2.46. The van der Waals surface area contributed by atoms with Crippen LogP contribution in [0.25, 0.3) is 0 Å². The molecule has 2 N–H and O–H groups in total. The highest BCUT2D eigenvalue weighted by atomic mass is 32.2. The van der Waals surface area contributed by atoms with E-state index in [1.165, 1.54) is 6.07 Å². The minimum Gasteiger partial charge on any atom is -0.280 e. The van der Waals surface area contributed by atoms with Gasteiger partial charge < -0.3 is 0 Å². The Balaban J connectivity index is 1.75. The van der Waals surface area contributed by atoms with Crippen molar-refractivity contribution in [1.82, 2.24) is 10.2 Å². The molecule has 0 radical (unpaired) electrons. The smallest absolute Gasteiger partial charge is 0.238 e. The van der Waals surface area contributed by atoms with Crippen LogP contribution >= 0.6 is 0 Å². The third kappa shape index (κ3) is 3.11. The predicted molar refractivity (Wildman–Crippen MR) is 77.7 cm³/mol. The third-order valence-corrected chi connectivity index (χ3v) is 4.95. The molecule has 8 heteroatoms. The molecule has 0 bridgehead atoms. The van der Waals surface area contributed by atoms with Gasteiger partial charge >= 0.3 is 0 Å². The number of aromatic amines is 1. The summed E-state index contributed by atoms with van der Waals surface area (Å²) in [5.41, 5.74) is 0.379. The van der Waals surface area contributed by atoms with Crippen molar-refractivity contribution in [3.63, 3.8) is 0 Å². The monoisotopic (exact) mass is 327 g/mol. The van der Waals surface area contributed by atoms with Crippen LogP contribution in [0.2, 0.25) is 0 Å². The minimum atomic E-state index is -3.95. The van der Waals surface area contributed by atoms with Gasteiger partial charge in [-0.05, 0) is 24.5 Å². The number of sulfonamides is 1. The molecule has 1 aromatic heterocycles. The Morgan fingerprint density at radius 2 is 2.00 bits per heavy atom. The van der Waals surface area contributed by atoms with Crippen LogP contribution < -0.4 is 4.72 Å². The van der Waals surface area contributed by atoms with Gasteiger partial charge in [0, 0.05) is 23.2 Å². The number of halogens is 2. The number of hydrogen-bond donors (Lipinski definition) is 2. The molecule has 118 valence electrons. The first-order valence-electron chi connectivity index (χ1n) is 6.84. The zero-order valence-electron chi connectivity index (χ0n) is 11.8. The summed E-state index contributed by atoms with van der Waals surface area (Å²) in [6.45, 7) is 2.09. The first kappa shape index (κ1) is 15.0. The van der Waals surface area contributed by atoms with Gasteiger partial charge in [-0.2, -0.15) is 5.10 Å². The van der Waals surface area contributed by atoms with Crippen LogP contribution in [-0.2, 0) is 15.8 Å². The van der Waals surface area contributed by atoms with E-state index >= 15 is 0 Å². The first-order chi connectivity index (χ1) is 10.4. The van der Waals surface area contributed by atoms with Crippen molar-refractivity contribution in [1.29, 1.82) is 0 Å². The Labute approximate surface area is 126 Å². The fourth-order valence-corrected chi connectivity index (χ4v) is 3.54. The van der Waals surface area contributed by atoms with Crippen LogP contribution in [0.3, 0.4) is 0 Å². The van der Waals surface area contributed by atoms with Gasteiger partial charge in [-0.25, -0.2) is 17.2 Å². The molecule has 2 aromatic rings. The maximum atomic E-state index is 13.5. The third-order valence-electron chi connectivity index (χ3n) is 3.76. The van der Waals surface area contributed by atoms with Gasteiger partial charge in [0.05, 0.1) is 0 Å². The summed E-state index contributed by atoms with van der Waals surface area (Å²) in [5.74, 6) is -1.51. The lowest BCUT2D eigenvalue weighted by atomic mass is 10.2. The molecule has 1 saturated carbocycles. The zero-order valence-corrected chi connectivity index (χ0v) is 12.6. The fraction of sp³-hybridized carbons (Fsp3) is 0.357. The second kappa shape index (κ2) is 5.35. The van der Waals surface area contributed by atoms with Gasteiger partial charge in [0.2, 0.25) is 10.0 Å². The normalized spacial score (nSPS) is 20.9. The molecule has 0 aliphatic heterocycles. The summed E-state index contributed by atoms with van der Waals surface area (Å²) in [6, 6.07) is 4.85. The van der Waals surface area contributed by atoms with Crippen molar-refractivity contribution in [2.75, 3.05) is 4.72 Å². The topological polar surface area (TPSA) is 74.8 Å². The Bertz CT molecular complexity index is 784. The van der Waals surface area contributed by atoms with Gasteiger partial charge in [0.25, 0.3) is 0 Å². The Morgan fingerprint density at radius 1 is 1.36 bits per heavy atom. The Morgan fingerprint density at radius 3 is 2.59 bits per heavy atom. The molecule has 3 rings (SSSR count). The molecule has 2 unspecified atom stereocenters. The van der Waals surface area contributed by atoms with Gasteiger partial charge in [-0.3, -0.25) is 9.82 Å². The van der Waals surface area contributed by atoms with Crippen LogP contribution in [0.4, 0.5) is 14.6 Å². The maximum absolute atomic E-state index is 13.5. The summed E-state index contributed by atoms with van der Waals surface area (Å²) in [6.07, 6.45) is 1.04. The summed E-state index contributed by atoms with van der Waals surface area (Å²) in [5, 5.41) is 6.66. The molecule has 1 aliphatic carbocycles. The molecular weight excluding hydrogens is 312 g/mol. The zero-order chi connectivity index (χ0) is 15.9. The van der Waals surface area contributed by atoms with Crippen molar-refractivity contribution in [3.05, 3.63) is 47.2 Å². The van der Waals surface area contributed by atoms with Crippen molar-refractivity contribution in [3.8, 4) is 0 Å². The average Bonchev–Trinajstić information content (AvgIpc) is 2.98. The fourth-order valence-electron chi connectivity index (χ4n) is 2.39. The summed E-state index contributed by atoms with van der Waals surface area (Å²) in [4.78, 5) is 0. The number of aromatic nitrogens is 2. The van der Waals surface area contributed by atoms with Gasteiger partial charge in [0.1, 0.15) is 17.4 Å². The van der Waals surface area contributed by atoms with Crippen LogP contribution in [0.15, 0.2) is 24.3 Å². The molecule has 22 heavy (non-hydrogen) atoms. The quantitative estimate of drug-likeness (QED) is 0.887. The van der Waals surface area contributed by atoms with E-state index in [0.29, 0.717) is 11.8 Å². The standard InChI is InChI=1S/C14H15F2N3O2S/c1-8-5-9(8)13-6-14(18-17-13)19-22(20,21)7-10-11(15)3-2-4-12(10)16/h2-4,6,8-9H,5,7H2,1H3,(H2,17,18,19). The number of nitrogens with one attached hydrogen (secondary N) is 2. The number of benzene rings is 1. The number of nitrogens with zero attached hydrogens (tertiary/aromatic N) is 1. The van der Waals surface area contributed by atoms with Crippen LogP contribution in [0.1, 0.15) is 30.5 Å². The largest absolute Gasteiger partial charge is 0.280 e. The van der Waals surface area contributed by atoms with Crippen molar-refractivity contribution in [2.24, 2.45) is 5.92 Å². The Hall–Kier alpha value is -1.96. The van der Waals surface area contributed by atoms with E-state index in [9.17, 15) is 17.2 Å². The summed E-state index contributed by atoms with van der Waals surface area (Å²) >= 11 is 0. The lowest BCUT2D eigenvalue weighted by Crippen LogP contribution is -2.17. The lowest BCUT2D eigenvalue weighted by molar-refractivity contribution is 0.557. The molecule has 1 heterocycles. The molecule has 0 spiro atoms. The minimum absolute atomic E-state index is 0.130. The second-order valence-corrected chi connectivity index (χ2v) is 7.31. The molecule has 0 saturated heterocycles. The highest BCUT2D eigenvalue weighted by Gasteiger charge is 2.35. The first-order valence-corrected chi connectivity index (χ1v) is 8.49. The van der Waals surface area contributed by atoms with E-state index in [-0.39, 0.29) is 5.82 Å². The van der Waals surface area contributed by atoms with Gasteiger partial charge in [-0.1, -0.05) is 13.0 Å². The van der Waals surface area contributed by atoms with Crippen molar-refractivity contribution >= 4 is 15.8 Å². The molecule has 2 atom stereocenters. The number of rotatable bonds is 5. The van der Waals surface area contributed by atoms with Crippen LogP contribution in [-0.4, -0.2) is 18.6 Å². The van der Waals surface area contributed by atoms with E-state index in [0.717, 1.165) is 24.2 Å². The molecule has 1 fully saturated rings. The molecule has 1 aromatic carbocycles. The van der Waals surface area contributed by atoms with Crippen molar-refractivity contribution in [2.45, 2.75) is 25.0 Å². The van der Waals surface area contributed by atoms with Crippen LogP contribution in [0, 0.1) is 17.6 Å². The molecule has 0 amide bonds. The van der Waals surface area contributed by atoms with E-state index in [4.69, 9.17) is 0 Å². The highest BCUT2D eigenvalue weighted by molar-refractivity contribution is 7.91. The van der Waals surface area contributed by atoms with Crippen LogP contribution in [0.5, 0.6) is 0 Å². The molecule has 1 aliphatic rings.